The predicted octanol–water partition coefficient (Wildman–Crippen LogP) is 2.79. The Hall–Kier alpha value is -1.51. The molecule has 88 valence electrons. The highest BCUT2D eigenvalue weighted by Gasteiger charge is 2.11. The zero-order chi connectivity index (χ0) is 12.0. The van der Waals surface area contributed by atoms with Gasteiger partial charge in [0, 0.05) is 5.69 Å². The van der Waals surface area contributed by atoms with Crippen molar-refractivity contribution in [1.82, 2.24) is 0 Å². The van der Waals surface area contributed by atoms with Gasteiger partial charge in [0.05, 0.1) is 12.2 Å². The van der Waals surface area contributed by atoms with Crippen LogP contribution in [0.5, 0.6) is 0 Å². The van der Waals surface area contributed by atoms with E-state index in [2.05, 4.69) is 6.92 Å². The molecule has 1 rings (SSSR count). The minimum absolute atomic E-state index is 0.335. The number of hydrogen-bond acceptors (Lipinski definition) is 3. The lowest BCUT2D eigenvalue weighted by Crippen LogP contribution is -2.08. The van der Waals surface area contributed by atoms with Gasteiger partial charge in [0.15, 0.2) is 0 Å². The second-order valence-electron chi connectivity index (χ2n) is 3.75. The standard InChI is InChI=1S/C13H19NO2/c1-3-5-6-10-7-8-12(14)11(9-10)13(15)16-4-2/h7-9H,3-6,14H2,1-2H3. The molecule has 0 bridgehead atoms. The van der Waals surface area contributed by atoms with Crippen LogP contribution in [-0.2, 0) is 11.2 Å². The first-order valence-corrected chi connectivity index (χ1v) is 5.74. The van der Waals surface area contributed by atoms with Gasteiger partial charge in [0.1, 0.15) is 0 Å². The van der Waals surface area contributed by atoms with Crippen LogP contribution in [0.25, 0.3) is 0 Å². The summed E-state index contributed by atoms with van der Waals surface area (Å²) in [5, 5.41) is 0. The van der Waals surface area contributed by atoms with Crippen LogP contribution in [0.2, 0.25) is 0 Å². The minimum atomic E-state index is -0.335. The summed E-state index contributed by atoms with van der Waals surface area (Å²) in [5.41, 5.74) is 7.85. The summed E-state index contributed by atoms with van der Waals surface area (Å²) in [7, 11) is 0. The maximum Gasteiger partial charge on any atom is 0.340 e. The molecule has 0 heterocycles. The summed E-state index contributed by atoms with van der Waals surface area (Å²) >= 11 is 0. The van der Waals surface area contributed by atoms with E-state index in [1.54, 1.807) is 13.0 Å². The first-order chi connectivity index (χ1) is 7.69. The summed E-state index contributed by atoms with van der Waals surface area (Å²) in [6.07, 6.45) is 3.23. The van der Waals surface area contributed by atoms with Crippen molar-refractivity contribution in [3.05, 3.63) is 29.3 Å². The van der Waals surface area contributed by atoms with Crippen LogP contribution in [0, 0.1) is 0 Å². The molecule has 0 spiro atoms. The number of nitrogen functional groups attached to an aromatic ring is 1. The smallest absolute Gasteiger partial charge is 0.340 e. The largest absolute Gasteiger partial charge is 0.462 e. The third-order valence-electron chi connectivity index (χ3n) is 2.43. The molecule has 0 saturated heterocycles. The van der Waals surface area contributed by atoms with Gasteiger partial charge in [-0.05, 0) is 37.5 Å². The van der Waals surface area contributed by atoms with Gasteiger partial charge < -0.3 is 10.5 Å². The summed E-state index contributed by atoms with van der Waals surface area (Å²) in [5.74, 6) is -0.335. The molecule has 16 heavy (non-hydrogen) atoms. The Kier molecular flexibility index (Phi) is 4.83. The topological polar surface area (TPSA) is 52.3 Å². The molecule has 0 amide bonds. The molecule has 0 unspecified atom stereocenters. The molecule has 0 aliphatic heterocycles. The highest BCUT2D eigenvalue weighted by molar-refractivity contribution is 5.95. The van der Waals surface area contributed by atoms with Crippen molar-refractivity contribution in [1.29, 1.82) is 0 Å². The molecule has 3 nitrogen and oxygen atoms in total. The summed E-state index contributed by atoms with van der Waals surface area (Å²) in [6, 6.07) is 5.58. The number of rotatable bonds is 5. The molecular formula is C13H19NO2. The number of nitrogens with two attached hydrogens (primary N) is 1. The lowest BCUT2D eigenvalue weighted by atomic mass is 10.0. The van der Waals surface area contributed by atoms with E-state index in [1.807, 2.05) is 12.1 Å². The van der Waals surface area contributed by atoms with Crippen LogP contribution in [0.4, 0.5) is 5.69 Å². The lowest BCUT2D eigenvalue weighted by Gasteiger charge is -2.07. The van der Waals surface area contributed by atoms with E-state index in [-0.39, 0.29) is 5.97 Å². The van der Waals surface area contributed by atoms with Gasteiger partial charge in [-0.15, -0.1) is 0 Å². The van der Waals surface area contributed by atoms with E-state index < -0.39 is 0 Å². The number of aryl methyl sites for hydroxylation is 1. The van der Waals surface area contributed by atoms with Gasteiger partial charge in [0.2, 0.25) is 0 Å². The molecule has 0 radical (unpaired) electrons. The zero-order valence-corrected chi connectivity index (χ0v) is 9.95. The van der Waals surface area contributed by atoms with Crippen LogP contribution >= 0.6 is 0 Å². The van der Waals surface area contributed by atoms with Crippen LogP contribution in [0.15, 0.2) is 18.2 Å². The van der Waals surface area contributed by atoms with Gasteiger partial charge in [-0.25, -0.2) is 4.79 Å². The molecule has 2 N–H and O–H groups in total. The third kappa shape index (κ3) is 3.26. The van der Waals surface area contributed by atoms with Gasteiger partial charge in [-0.3, -0.25) is 0 Å². The number of carbonyl (C=O) groups excluding carboxylic acids is 1. The van der Waals surface area contributed by atoms with Crippen LogP contribution < -0.4 is 5.73 Å². The van der Waals surface area contributed by atoms with Crippen LogP contribution in [-0.4, -0.2) is 12.6 Å². The summed E-state index contributed by atoms with van der Waals surface area (Å²) < 4.78 is 4.95. The maximum atomic E-state index is 11.6. The van der Waals surface area contributed by atoms with Crippen molar-refractivity contribution in [2.24, 2.45) is 0 Å². The van der Waals surface area contributed by atoms with Gasteiger partial charge in [0.25, 0.3) is 0 Å². The zero-order valence-electron chi connectivity index (χ0n) is 9.95. The van der Waals surface area contributed by atoms with E-state index in [0.29, 0.717) is 17.9 Å². The number of unbranched alkanes of at least 4 members (excludes halogenated alkanes) is 1. The Bertz CT molecular complexity index is 361. The monoisotopic (exact) mass is 221 g/mol. The van der Waals surface area contributed by atoms with Crippen LogP contribution in [0.3, 0.4) is 0 Å². The molecule has 1 aromatic rings. The fourth-order valence-electron chi connectivity index (χ4n) is 1.53. The van der Waals surface area contributed by atoms with Gasteiger partial charge in [-0.2, -0.15) is 0 Å². The fourth-order valence-corrected chi connectivity index (χ4v) is 1.53. The third-order valence-corrected chi connectivity index (χ3v) is 2.43. The van der Waals surface area contributed by atoms with Crippen molar-refractivity contribution in [3.8, 4) is 0 Å². The molecule has 0 aliphatic carbocycles. The summed E-state index contributed by atoms with van der Waals surface area (Å²) in [6.45, 7) is 4.30. The first kappa shape index (κ1) is 12.6. The normalized spacial score (nSPS) is 10.1. The average Bonchev–Trinajstić information content (AvgIpc) is 2.28. The van der Waals surface area contributed by atoms with Crippen molar-refractivity contribution < 1.29 is 9.53 Å². The molecule has 0 aromatic heterocycles. The Morgan fingerprint density at radius 3 is 2.75 bits per heavy atom. The van der Waals surface area contributed by atoms with Crippen molar-refractivity contribution in [2.45, 2.75) is 33.1 Å². The Labute approximate surface area is 96.6 Å². The van der Waals surface area contributed by atoms with E-state index in [4.69, 9.17) is 10.5 Å². The highest BCUT2D eigenvalue weighted by atomic mass is 16.5. The van der Waals surface area contributed by atoms with E-state index >= 15 is 0 Å². The van der Waals surface area contributed by atoms with Crippen molar-refractivity contribution >= 4 is 11.7 Å². The molecule has 0 fully saturated rings. The first-order valence-electron chi connectivity index (χ1n) is 5.74. The van der Waals surface area contributed by atoms with Crippen LogP contribution in [0.1, 0.15) is 42.6 Å². The lowest BCUT2D eigenvalue weighted by molar-refractivity contribution is 0.0527. The Morgan fingerprint density at radius 2 is 2.12 bits per heavy atom. The second-order valence-corrected chi connectivity index (χ2v) is 3.75. The number of ether oxygens (including phenoxy) is 1. The number of benzene rings is 1. The van der Waals surface area contributed by atoms with E-state index in [9.17, 15) is 4.79 Å². The molecule has 0 saturated carbocycles. The number of carbonyl (C=O) groups is 1. The maximum absolute atomic E-state index is 11.6. The molecule has 3 heteroatoms. The summed E-state index contributed by atoms with van der Waals surface area (Å²) in [4.78, 5) is 11.6. The second kappa shape index (κ2) is 6.16. The van der Waals surface area contributed by atoms with E-state index in [0.717, 1.165) is 24.8 Å². The Balaban J connectivity index is 2.85. The number of hydrogen-bond donors (Lipinski definition) is 1. The highest BCUT2D eigenvalue weighted by Crippen LogP contribution is 2.17. The predicted molar refractivity (Wildman–Crippen MR) is 65.4 cm³/mol. The fraction of sp³-hybridized carbons (Fsp3) is 0.462. The molecule has 0 atom stereocenters. The molecule has 0 aliphatic rings. The molecule has 1 aromatic carbocycles. The van der Waals surface area contributed by atoms with Gasteiger partial charge >= 0.3 is 5.97 Å². The molecular weight excluding hydrogens is 202 g/mol. The number of anilines is 1. The average molecular weight is 221 g/mol. The van der Waals surface area contributed by atoms with E-state index in [1.165, 1.54) is 0 Å². The van der Waals surface area contributed by atoms with Crippen molar-refractivity contribution in [2.75, 3.05) is 12.3 Å². The minimum Gasteiger partial charge on any atom is -0.462 e. The van der Waals surface area contributed by atoms with Crippen molar-refractivity contribution in [3.63, 3.8) is 0 Å². The quantitative estimate of drug-likeness (QED) is 0.614. The Morgan fingerprint density at radius 1 is 1.38 bits per heavy atom. The SMILES string of the molecule is CCCCc1ccc(N)c(C(=O)OCC)c1. The van der Waals surface area contributed by atoms with Gasteiger partial charge in [-0.1, -0.05) is 19.4 Å². The number of esters is 1.